The Hall–Kier alpha value is -0.410. The highest BCUT2D eigenvalue weighted by Crippen LogP contribution is 2.27. The first-order valence-electron chi connectivity index (χ1n) is 6.17. The van der Waals surface area contributed by atoms with Gasteiger partial charge in [-0.2, -0.15) is 0 Å². The Kier molecular flexibility index (Phi) is 3.76. The van der Waals surface area contributed by atoms with Gasteiger partial charge in [0.15, 0.2) is 0 Å². The van der Waals surface area contributed by atoms with Gasteiger partial charge in [0.2, 0.25) is 0 Å². The lowest BCUT2D eigenvalue weighted by Gasteiger charge is -2.15. The van der Waals surface area contributed by atoms with Crippen molar-refractivity contribution in [1.82, 2.24) is 0 Å². The van der Waals surface area contributed by atoms with Gasteiger partial charge in [0.1, 0.15) is 5.78 Å². The van der Waals surface area contributed by atoms with E-state index in [0.717, 1.165) is 45.1 Å². The van der Waals surface area contributed by atoms with Crippen molar-refractivity contribution in [3.8, 4) is 0 Å². The van der Waals surface area contributed by atoms with Gasteiger partial charge < -0.3 is 10.5 Å². The predicted octanol–water partition coefficient (Wildman–Crippen LogP) is 1.64. The van der Waals surface area contributed by atoms with E-state index in [9.17, 15) is 4.79 Å². The van der Waals surface area contributed by atoms with Crippen molar-refractivity contribution < 1.29 is 9.53 Å². The van der Waals surface area contributed by atoms with Gasteiger partial charge in [-0.05, 0) is 32.1 Å². The maximum Gasteiger partial charge on any atom is 0.137 e. The number of ether oxygens (including phenoxy) is 1. The summed E-state index contributed by atoms with van der Waals surface area (Å²) in [7, 11) is 0. The second-order valence-corrected chi connectivity index (χ2v) is 4.84. The van der Waals surface area contributed by atoms with E-state index in [1.165, 1.54) is 0 Å². The summed E-state index contributed by atoms with van der Waals surface area (Å²) in [6, 6.07) is 0.127. The van der Waals surface area contributed by atoms with Crippen LogP contribution in [0.3, 0.4) is 0 Å². The predicted molar refractivity (Wildman–Crippen MR) is 58.5 cm³/mol. The first-order chi connectivity index (χ1) is 7.27. The molecule has 2 rings (SSSR count). The molecule has 2 fully saturated rings. The quantitative estimate of drug-likeness (QED) is 0.769. The molecule has 1 heterocycles. The normalized spacial score (nSPS) is 35.9. The average Bonchev–Trinajstić information content (AvgIpc) is 2.84. The Labute approximate surface area is 91.4 Å². The van der Waals surface area contributed by atoms with Crippen molar-refractivity contribution >= 4 is 5.78 Å². The number of ketones is 1. The summed E-state index contributed by atoms with van der Waals surface area (Å²) in [5.41, 5.74) is 5.91. The lowest BCUT2D eigenvalue weighted by molar-refractivity contribution is -0.123. The number of rotatable bonds is 4. The summed E-state index contributed by atoms with van der Waals surface area (Å²) in [5.74, 6) is 0.516. The lowest BCUT2D eigenvalue weighted by atomic mass is 9.94. The topological polar surface area (TPSA) is 52.3 Å². The van der Waals surface area contributed by atoms with E-state index in [4.69, 9.17) is 10.5 Å². The molecular formula is C12H21NO2. The van der Waals surface area contributed by atoms with Crippen LogP contribution in [0.2, 0.25) is 0 Å². The van der Waals surface area contributed by atoms with Crippen LogP contribution in [-0.4, -0.2) is 24.5 Å². The lowest BCUT2D eigenvalue weighted by Crippen LogP contribution is -2.30. The van der Waals surface area contributed by atoms with E-state index in [1.807, 2.05) is 0 Å². The molecule has 3 atom stereocenters. The minimum Gasteiger partial charge on any atom is -0.378 e. The zero-order valence-corrected chi connectivity index (χ0v) is 9.28. The number of nitrogens with two attached hydrogens (primary N) is 1. The third kappa shape index (κ3) is 2.79. The number of Topliss-reactive ketones (excluding diaryl/α,β-unsaturated/α-hetero) is 1. The van der Waals surface area contributed by atoms with Gasteiger partial charge in [-0.15, -0.1) is 0 Å². The first kappa shape index (κ1) is 11.1. The number of carbonyl (C=O) groups excluding carboxylic acids is 1. The van der Waals surface area contributed by atoms with Crippen molar-refractivity contribution in [3.05, 3.63) is 0 Å². The molecule has 1 saturated carbocycles. The van der Waals surface area contributed by atoms with Crippen molar-refractivity contribution in [1.29, 1.82) is 0 Å². The molecule has 3 unspecified atom stereocenters. The summed E-state index contributed by atoms with van der Waals surface area (Å²) in [4.78, 5) is 11.9. The minimum atomic E-state index is 0.127. The standard InChI is InChI=1S/C12H21NO2/c13-11-5-1-4-10(11)12(14)7-6-9-3-2-8-15-9/h9-11H,1-8,13H2. The second-order valence-electron chi connectivity index (χ2n) is 4.84. The summed E-state index contributed by atoms with van der Waals surface area (Å²) in [5, 5.41) is 0. The maximum atomic E-state index is 11.9. The molecule has 3 heteroatoms. The summed E-state index contributed by atoms with van der Waals surface area (Å²) >= 11 is 0. The molecule has 0 radical (unpaired) electrons. The Morgan fingerprint density at radius 3 is 2.73 bits per heavy atom. The van der Waals surface area contributed by atoms with Crippen molar-refractivity contribution in [2.24, 2.45) is 11.7 Å². The third-order valence-corrected chi connectivity index (χ3v) is 3.72. The summed E-state index contributed by atoms with van der Waals surface area (Å²) < 4.78 is 5.51. The molecule has 1 aliphatic carbocycles. The molecule has 2 N–H and O–H groups in total. The molecule has 0 bridgehead atoms. The van der Waals surface area contributed by atoms with Crippen LogP contribution in [0, 0.1) is 5.92 Å². The minimum absolute atomic E-state index is 0.127. The van der Waals surface area contributed by atoms with E-state index >= 15 is 0 Å². The fourth-order valence-corrected chi connectivity index (χ4v) is 2.75. The first-order valence-corrected chi connectivity index (χ1v) is 6.17. The van der Waals surface area contributed by atoms with Gasteiger partial charge >= 0.3 is 0 Å². The molecule has 0 aromatic carbocycles. The van der Waals surface area contributed by atoms with Crippen LogP contribution in [0.1, 0.15) is 44.9 Å². The zero-order valence-electron chi connectivity index (χ0n) is 9.28. The van der Waals surface area contributed by atoms with Crippen molar-refractivity contribution in [2.75, 3.05) is 6.61 Å². The smallest absolute Gasteiger partial charge is 0.137 e. The Morgan fingerprint density at radius 2 is 2.13 bits per heavy atom. The Balaban J connectivity index is 1.71. The van der Waals surface area contributed by atoms with Gasteiger partial charge in [-0.3, -0.25) is 4.79 Å². The second kappa shape index (κ2) is 5.08. The van der Waals surface area contributed by atoms with Gasteiger partial charge in [0, 0.05) is 25.0 Å². The highest BCUT2D eigenvalue weighted by molar-refractivity contribution is 5.82. The fraction of sp³-hybridized carbons (Fsp3) is 0.917. The number of hydrogen-bond acceptors (Lipinski definition) is 3. The van der Waals surface area contributed by atoms with E-state index in [-0.39, 0.29) is 12.0 Å². The van der Waals surface area contributed by atoms with E-state index < -0.39 is 0 Å². The molecule has 3 nitrogen and oxygen atoms in total. The maximum absolute atomic E-state index is 11.9. The molecule has 15 heavy (non-hydrogen) atoms. The third-order valence-electron chi connectivity index (χ3n) is 3.72. The van der Waals surface area contributed by atoms with Crippen LogP contribution in [-0.2, 0) is 9.53 Å². The van der Waals surface area contributed by atoms with Gasteiger partial charge in [0.05, 0.1) is 6.10 Å². The largest absolute Gasteiger partial charge is 0.378 e. The average molecular weight is 211 g/mol. The molecule has 0 amide bonds. The Morgan fingerprint density at radius 1 is 1.27 bits per heavy atom. The highest BCUT2D eigenvalue weighted by atomic mass is 16.5. The summed E-state index contributed by atoms with van der Waals surface area (Å²) in [6.45, 7) is 0.877. The van der Waals surface area contributed by atoms with Crippen LogP contribution in [0.25, 0.3) is 0 Å². The zero-order chi connectivity index (χ0) is 10.7. The molecular weight excluding hydrogens is 190 g/mol. The SMILES string of the molecule is NC1CCCC1C(=O)CCC1CCCO1. The molecule has 2 aliphatic rings. The molecule has 0 spiro atoms. The van der Waals surface area contributed by atoms with Gasteiger partial charge in [-0.1, -0.05) is 6.42 Å². The van der Waals surface area contributed by atoms with Crippen LogP contribution < -0.4 is 5.73 Å². The summed E-state index contributed by atoms with van der Waals surface area (Å²) in [6.07, 6.45) is 7.35. The van der Waals surface area contributed by atoms with E-state index in [2.05, 4.69) is 0 Å². The van der Waals surface area contributed by atoms with Crippen molar-refractivity contribution in [2.45, 2.75) is 57.1 Å². The van der Waals surface area contributed by atoms with Crippen LogP contribution >= 0.6 is 0 Å². The highest BCUT2D eigenvalue weighted by Gasteiger charge is 2.30. The van der Waals surface area contributed by atoms with Crippen LogP contribution in [0.5, 0.6) is 0 Å². The van der Waals surface area contributed by atoms with Crippen LogP contribution in [0.4, 0.5) is 0 Å². The monoisotopic (exact) mass is 211 g/mol. The molecule has 1 aliphatic heterocycles. The number of hydrogen-bond donors (Lipinski definition) is 1. The van der Waals surface area contributed by atoms with Crippen LogP contribution in [0.15, 0.2) is 0 Å². The van der Waals surface area contributed by atoms with Crippen molar-refractivity contribution in [3.63, 3.8) is 0 Å². The molecule has 1 saturated heterocycles. The number of carbonyl (C=O) groups is 1. The van der Waals surface area contributed by atoms with E-state index in [0.29, 0.717) is 18.3 Å². The molecule has 0 aromatic heterocycles. The van der Waals surface area contributed by atoms with E-state index in [1.54, 1.807) is 0 Å². The molecule has 86 valence electrons. The van der Waals surface area contributed by atoms with Gasteiger partial charge in [-0.25, -0.2) is 0 Å². The Bertz CT molecular complexity index is 224. The van der Waals surface area contributed by atoms with Gasteiger partial charge in [0.25, 0.3) is 0 Å². The fourth-order valence-electron chi connectivity index (χ4n) is 2.75. The molecule has 0 aromatic rings.